The van der Waals surface area contributed by atoms with Crippen molar-refractivity contribution in [3.63, 3.8) is 0 Å². The molecule has 0 bridgehead atoms. The van der Waals surface area contributed by atoms with Crippen molar-refractivity contribution >= 4 is 17.2 Å². The zero-order chi connectivity index (χ0) is 13.4. The molecule has 0 fully saturated rings. The van der Waals surface area contributed by atoms with Crippen LogP contribution in [0.1, 0.15) is 11.3 Å². The lowest BCUT2D eigenvalue weighted by Crippen LogP contribution is -2.22. The van der Waals surface area contributed by atoms with E-state index < -0.39 is 0 Å². The molecule has 0 aliphatic carbocycles. The lowest BCUT2D eigenvalue weighted by Gasteiger charge is -2.02. The van der Waals surface area contributed by atoms with Gasteiger partial charge in [-0.3, -0.25) is 9.89 Å². The molecule has 3 heterocycles. The van der Waals surface area contributed by atoms with Gasteiger partial charge >= 0.3 is 0 Å². The summed E-state index contributed by atoms with van der Waals surface area (Å²) in [5.41, 5.74) is 2.54. The average molecular weight is 278 g/mol. The van der Waals surface area contributed by atoms with Crippen LogP contribution in [-0.2, 0) is 6.42 Å². The Labute approximate surface area is 113 Å². The number of nitrogens with one attached hydrogen (secondary N) is 1. The summed E-state index contributed by atoms with van der Waals surface area (Å²) >= 11 is 5.72. The van der Waals surface area contributed by atoms with Crippen LogP contribution >= 0.6 is 11.6 Å². The Morgan fingerprint density at radius 3 is 3.05 bits per heavy atom. The second-order valence-electron chi connectivity index (χ2n) is 4.26. The first-order valence-corrected chi connectivity index (χ1v) is 6.45. The minimum atomic E-state index is -0.110. The van der Waals surface area contributed by atoms with Crippen LogP contribution in [0, 0.1) is 6.92 Å². The van der Waals surface area contributed by atoms with E-state index in [9.17, 15) is 4.79 Å². The van der Waals surface area contributed by atoms with Crippen LogP contribution in [0.4, 0.5) is 0 Å². The Kier molecular flexibility index (Phi) is 2.91. The van der Waals surface area contributed by atoms with Gasteiger partial charge in [-0.15, -0.1) is 11.6 Å². The summed E-state index contributed by atoms with van der Waals surface area (Å²) in [7, 11) is 0. The van der Waals surface area contributed by atoms with Gasteiger partial charge in [0, 0.05) is 23.2 Å². The van der Waals surface area contributed by atoms with Crippen molar-refractivity contribution in [2.75, 3.05) is 5.88 Å². The molecule has 0 saturated carbocycles. The number of aromatic nitrogens is 3. The van der Waals surface area contributed by atoms with Gasteiger partial charge in [-0.1, -0.05) is 0 Å². The molecule has 0 aliphatic heterocycles. The highest BCUT2D eigenvalue weighted by Crippen LogP contribution is 2.19. The van der Waals surface area contributed by atoms with Crippen LogP contribution in [0.15, 0.2) is 33.7 Å². The van der Waals surface area contributed by atoms with E-state index >= 15 is 0 Å². The van der Waals surface area contributed by atoms with Gasteiger partial charge in [-0.25, -0.2) is 9.50 Å². The Hall–Kier alpha value is -2.01. The smallest absolute Gasteiger partial charge is 0.276 e. The summed E-state index contributed by atoms with van der Waals surface area (Å²) in [4.78, 5) is 16.7. The molecule has 98 valence electrons. The van der Waals surface area contributed by atoms with Crippen LogP contribution in [0.3, 0.4) is 0 Å². The first-order valence-electron chi connectivity index (χ1n) is 5.92. The minimum absolute atomic E-state index is 0.110. The van der Waals surface area contributed by atoms with Gasteiger partial charge in [0.1, 0.15) is 5.69 Å². The number of aromatic amines is 1. The van der Waals surface area contributed by atoms with Crippen molar-refractivity contribution in [3.05, 3.63) is 46.1 Å². The lowest BCUT2D eigenvalue weighted by molar-refractivity contribution is 0.579. The molecular weight excluding hydrogens is 266 g/mol. The summed E-state index contributed by atoms with van der Waals surface area (Å²) in [6.07, 6.45) is 2.10. The lowest BCUT2D eigenvalue weighted by atomic mass is 10.2. The molecule has 0 atom stereocenters. The molecule has 0 unspecified atom stereocenters. The number of hydrogen-bond donors (Lipinski definition) is 1. The van der Waals surface area contributed by atoms with Crippen molar-refractivity contribution in [2.24, 2.45) is 0 Å². The molecule has 0 radical (unpaired) electrons. The summed E-state index contributed by atoms with van der Waals surface area (Å²) in [6, 6.07) is 5.40. The number of halogens is 1. The fourth-order valence-electron chi connectivity index (χ4n) is 2.11. The van der Waals surface area contributed by atoms with E-state index in [2.05, 4.69) is 10.1 Å². The van der Waals surface area contributed by atoms with E-state index in [1.807, 2.05) is 13.0 Å². The van der Waals surface area contributed by atoms with Crippen molar-refractivity contribution in [1.29, 1.82) is 0 Å². The monoisotopic (exact) mass is 277 g/mol. The molecule has 0 aromatic carbocycles. The molecule has 0 aliphatic rings. The van der Waals surface area contributed by atoms with Gasteiger partial charge in [0.05, 0.1) is 6.26 Å². The predicted molar refractivity (Wildman–Crippen MR) is 72.7 cm³/mol. The van der Waals surface area contributed by atoms with E-state index in [4.69, 9.17) is 16.0 Å². The molecule has 1 N–H and O–H groups in total. The molecule has 6 heteroatoms. The number of alkyl halides is 1. The first kappa shape index (κ1) is 12.0. The number of H-pyrrole nitrogens is 1. The van der Waals surface area contributed by atoms with Gasteiger partial charge in [0.25, 0.3) is 5.56 Å². The highest BCUT2D eigenvalue weighted by atomic mass is 35.5. The van der Waals surface area contributed by atoms with Crippen molar-refractivity contribution in [3.8, 4) is 11.5 Å². The normalized spacial score (nSPS) is 11.3. The number of aryl methyl sites for hydroxylation is 1. The van der Waals surface area contributed by atoms with E-state index in [0.717, 1.165) is 11.4 Å². The molecule has 3 aromatic rings. The Balaban J connectivity index is 2.24. The van der Waals surface area contributed by atoms with Gasteiger partial charge in [-0.2, -0.15) is 0 Å². The fourth-order valence-corrected chi connectivity index (χ4v) is 2.30. The third-order valence-corrected chi connectivity index (χ3v) is 3.24. The van der Waals surface area contributed by atoms with Crippen LogP contribution in [-0.4, -0.2) is 20.5 Å². The molecule has 3 rings (SSSR count). The maximum atomic E-state index is 12.3. The quantitative estimate of drug-likeness (QED) is 0.748. The van der Waals surface area contributed by atoms with Crippen molar-refractivity contribution in [2.45, 2.75) is 13.3 Å². The number of hydrogen-bond acceptors (Lipinski definition) is 3. The maximum Gasteiger partial charge on any atom is 0.276 e. The SMILES string of the molecule is Cc1nc2cc(-c3ccco3)[nH]n2c(=O)c1CCCl. The third-order valence-electron chi connectivity index (χ3n) is 3.05. The van der Waals surface area contributed by atoms with Gasteiger partial charge in [0.2, 0.25) is 0 Å². The summed E-state index contributed by atoms with van der Waals surface area (Å²) in [6.45, 7) is 1.82. The predicted octanol–water partition coefficient (Wildman–Crippen LogP) is 2.37. The largest absolute Gasteiger partial charge is 0.463 e. The number of nitrogens with zero attached hydrogens (tertiary/aromatic N) is 2. The second-order valence-corrected chi connectivity index (χ2v) is 4.64. The number of furan rings is 1. The third kappa shape index (κ3) is 1.96. The fraction of sp³-hybridized carbons (Fsp3) is 0.231. The Morgan fingerprint density at radius 2 is 2.37 bits per heavy atom. The second kappa shape index (κ2) is 4.59. The molecule has 19 heavy (non-hydrogen) atoms. The minimum Gasteiger partial charge on any atom is -0.463 e. The average Bonchev–Trinajstić information content (AvgIpc) is 3.02. The highest BCUT2D eigenvalue weighted by molar-refractivity contribution is 6.18. The van der Waals surface area contributed by atoms with Crippen molar-refractivity contribution < 1.29 is 4.42 Å². The first-order chi connectivity index (χ1) is 9.20. The molecule has 3 aromatic heterocycles. The Bertz CT molecular complexity index is 771. The maximum absolute atomic E-state index is 12.3. The van der Waals surface area contributed by atoms with Gasteiger partial charge in [0.15, 0.2) is 11.4 Å². The van der Waals surface area contributed by atoms with Crippen LogP contribution < -0.4 is 5.56 Å². The summed E-state index contributed by atoms with van der Waals surface area (Å²) in [5.74, 6) is 1.07. The van der Waals surface area contributed by atoms with E-state index in [1.165, 1.54) is 4.52 Å². The zero-order valence-corrected chi connectivity index (χ0v) is 11.1. The van der Waals surface area contributed by atoms with Gasteiger partial charge in [-0.05, 0) is 25.5 Å². The topological polar surface area (TPSA) is 63.3 Å². The van der Waals surface area contributed by atoms with Crippen LogP contribution in [0.5, 0.6) is 0 Å². The summed E-state index contributed by atoms with van der Waals surface area (Å²) < 4.78 is 6.72. The molecule has 0 saturated heterocycles. The summed E-state index contributed by atoms with van der Waals surface area (Å²) in [5, 5.41) is 3.00. The molecule has 5 nitrogen and oxygen atoms in total. The molecular formula is C13H12ClN3O2. The van der Waals surface area contributed by atoms with Crippen LogP contribution in [0.25, 0.3) is 17.1 Å². The molecule has 0 amide bonds. The Morgan fingerprint density at radius 1 is 1.53 bits per heavy atom. The zero-order valence-electron chi connectivity index (χ0n) is 10.3. The number of rotatable bonds is 3. The molecule has 0 spiro atoms. The van der Waals surface area contributed by atoms with Crippen LogP contribution in [0.2, 0.25) is 0 Å². The number of fused-ring (bicyclic) bond motifs is 1. The van der Waals surface area contributed by atoms with E-state index in [1.54, 1.807) is 18.4 Å². The highest BCUT2D eigenvalue weighted by Gasteiger charge is 2.13. The van der Waals surface area contributed by atoms with Gasteiger partial charge < -0.3 is 4.42 Å². The van der Waals surface area contributed by atoms with E-state index in [0.29, 0.717) is 29.3 Å². The van der Waals surface area contributed by atoms with Crippen molar-refractivity contribution in [1.82, 2.24) is 14.6 Å². The van der Waals surface area contributed by atoms with E-state index in [-0.39, 0.29) is 5.56 Å². The standard InChI is InChI=1S/C13H12ClN3O2/c1-8-9(4-5-14)13(18)17-12(15-8)7-10(16-17)11-3-2-6-19-11/h2-3,6-7,16H,4-5H2,1H3.